The first-order valence-corrected chi connectivity index (χ1v) is 8.58. The number of aromatic nitrogens is 2. The molecule has 1 atom stereocenters. The second-order valence-corrected chi connectivity index (χ2v) is 6.87. The predicted molar refractivity (Wildman–Crippen MR) is 92.3 cm³/mol. The van der Waals surface area contributed by atoms with E-state index in [9.17, 15) is 9.59 Å². The second kappa shape index (κ2) is 8.72. The molecule has 3 amide bonds. The van der Waals surface area contributed by atoms with Crippen LogP contribution in [-0.4, -0.2) is 27.4 Å². The fourth-order valence-corrected chi connectivity index (χ4v) is 2.83. The maximum Gasteiger partial charge on any atom is 0.318 e. The van der Waals surface area contributed by atoms with Crippen molar-refractivity contribution >= 4 is 35.3 Å². The number of carbonyl (C=O) groups excluding carboxylic acids is 2. The van der Waals surface area contributed by atoms with Gasteiger partial charge in [0.05, 0.1) is 5.25 Å². The van der Waals surface area contributed by atoms with Crippen LogP contribution >= 0.6 is 23.4 Å². The third kappa shape index (κ3) is 5.95. The summed E-state index contributed by atoms with van der Waals surface area (Å²) in [6, 6.07) is 5.95. The van der Waals surface area contributed by atoms with Crippen LogP contribution in [0.15, 0.2) is 33.9 Å². The monoisotopic (exact) mass is 384 g/mol. The minimum Gasteiger partial charge on any atom is -0.484 e. The molecule has 134 valence electrons. The number of amides is 3. The van der Waals surface area contributed by atoms with Gasteiger partial charge >= 0.3 is 6.03 Å². The number of thioether (sulfide) groups is 1. The van der Waals surface area contributed by atoms with Crippen LogP contribution in [0.5, 0.6) is 5.75 Å². The number of nitrogens with two attached hydrogens (primary N) is 1. The van der Waals surface area contributed by atoms with Crippen molar-refractivity contribution < 1.29 is 18.7 Å². The SMILES string of the molecule is CC(C)[C@@H](Sc1nnc(COc2ccc(Cl)cc2)o1)C(=O)NC(N)=O. The smallest absolute Gasteiger partial charge is 0.318 e. The molecule has 0 aliphatic rings. The number of urea groups is 1. The number of primary amides is 1. The first-order chi connectivity index (χ1) is 11.8. The van der Waals surface area contributed by atoms with Crippen LogP contribution in [0.2, 0.25) is 5.02 Å². The summed E-state index contributed by atoms with van der Waals surface area (Å²) in [5.41, 5.74) is 4.98. The molecule has 0 aliphatic heterocycles. The molecule has 0 spiro atoms. The van der Waals surface area contributed by atoms with E-state index in [2.05, 4.69) is 15.5 Å². The van der Waals surface area contributed by atoms with Gasteiger partial charge in [-0.2, -0.15) is 0 Å². The van der Waals surface area contributed by atoms with Crippen LogP contribution in [0.25, 0.3) is 0 Å². The Hall–Kier alpha value is -2.26. The van der Waals surface area contributed by atoms with E-state index < -0.39 is 17.2 Å². The fourth-order valence-electron chi connectivity index (χ4n) is 1.81. The molecule has 3 N–H and O–H groups in total. The lowest BCUT2D eigenvalue weighted by atomic mass is 10.1. The van der Waals surface area contributed by atoms with Crippen molar-refractivity contribution in [3.05, 3.63) is 35.2 Å². The van der Waals surface area contributed by atoms with Crippen LogP contribution in [0.1, 0.15) is 19.7 Å². The minimum absolute atomic E-state index is 0.0784. The highest BCUT2D eigenvalue weighted by Crippen LogP contribution is 2.27. The van der Waals surface area contributed by atoms with Gasteiger partial charge in [0.25, 0.3) is 11.1 Å². The molecule has 2 rings (SSSR count). The number of nitrogens with zero attached hydrogens (tertiary/aromatic N) is 2. The quantitative estimate of drug-likeness (QED) is 0.704. The van der Waals surface area contributed by atoms with Crippen LogP contribution in [-0.2, 0) is 11.4 Å². The van der Waals surface area contributed by atoms with E-state index in [-0.39, 0.29) is 23.6 Å². The standard InChI is InChI=1S/C15H17ClN4O4S/c1-8(2)12(13(21)18-14(17)22)25-15-20-19-11(24-15)7-23-10-5-3-9(16)4-6-10/h3-6,8,12H,7H2,1-2H3,(H3,17,18,21,22)/t12-/m1/s1. The van der Waals surface area contributed by atoms with Gasteiger partial charge in [-0.3, -0.25) is 10.1 Å². The summed E-state index contributed by atoms with van der Waals surface area (Å²) in [7, 11) is 0. The summed E-state index contributed by atoms with van der Waals surface area (Å²) in [6.07, 6.45) is 0. The molecular formula is C15H17ClN4O4S. The number of imide groups is 1. The van der Waals surface area contributed by atoms with Crippen LogP contribution in [0.3, 0.4) is 0 Å². The summed E-state index contributed by atoms with van der Waals surface area (Å²) >= 11 is 6.86. The van der Waals surface area contributed by atoms with Gasteiger partial charge in [0.2, 0.25) is 5.91 Å². The minimum atomic E-state index is -0.904. The highest BCUT2D eigenvalue weighted by atomic mass is 35.5. The number of hydrogen-bond acceptors (Lipinski definition) is 7. The van der Waals surface area contributed by atoms with Gasteiger partial charge in [-0.15, -0.1) is 10.2 Å². The number of rotatable bonds is 7. The van der Waals surface area contributed by atoms with Crippen molar-refractivity contribution in [2.75, 3.05) is 0 Å². The van der Waals surface area contributed by atoms with E-state index in [0.717, 1.165) is 11.8 Å². The first kappa shape index (κ1) is 19.1. The maximum absolute atomic E-state index is 12.0. The van der Waals surface area contributed by atoms with Crippen molar-refractivity contribution in [3.8, 4) is 5.75 Å². The molecule has 0 radical (unpaired) electrons. The van der Waals surface area contributed by atoms with Crippen molar-refractivity contribution in [1.82, 2.24) is 15.5 Å². The molecule has 1 heterocycles. The highest BCUT2D eigenvalue weighted by Gasteiger charge is 2.27. The maximum atomic E-state index is 12.0. The Labute approximate surface area is 153 Å². The molecule has 0 fully saturated rings. The Bertz CT molecular complexity index is 735. The zero-order valence-electron chi connectivity index (χ0n) is 13.6. The summed E-state index contributed by atoms with van der Waals surface area (Å²) in [5.74, 6) is 0.280. The molecule has 1 aromatic carbocycles. The van der Waals surface area contributed by atoms with Crippen molar-refractivity contribution in [3.63, 3.8) is 0 Å². The largest absolute Gasteiger partial charge is 0.484 e. The molecule has 0 unspecified atom stereocenters. The lowest BCUT2D eigenvalue weighted by molar-refractivity contribution is -0.120. The van der Waals surface area contributed by atoms with Crippen molar-refractivity contribution in [2.24, 2.45) is 11.7 Å². The first-order valence-electron chi connectivity index (χ1n) is 7.33. The van der Waals surface area contributed by atoms with Crippen molar-refractivity contribution in [1.29, 1.82) is 0 Å². The Kier molecular flexibility index (Phi) is 6.65. The normalized spacial score (nSPS) is 12.0. The zero-order chi connectivity index (χ0) is 18.4. The summed E-state index contributed by atoms with van der Waals surface area (Å²) in [5, 5.41) is 10.0. The number of benzene rings is 1. The molecule has 0 saturated heterocycles. The number of halogens is 1. The zero-order valence-corrected chi connectivity index (χ0v) is 15.1. The van der Waals surface area contributed by atoms with Gasteiger partial charge < -0.3 is 14.9 Å². The predicted octanol–water partition coefficient (Wildman–Crippen LogP) is 2.61. The molecule has 0 aliphatic carbocycles. The summed E-state index contributed by atoms with van der Waals surface area (Å²) in [4.78, 5) is 22.8. The van der Waals surface area contributed by atoms with E-state index >= 15 is 0 Å². The highest BCUT2D eigenvalue weighted by molar-refractivity contribution is 8.00. The molecule has 25 heavy (non-hydrogen) atoms. The molecule has 0 bridgehead atoms. The van der Waals surface area contributed by atoms with E-state index in [1.807, 2.05) is 13.8 Å². The van der Waals surface area contributed by atoms with E-state index in [1.54, 1.807) is 24.3 Å². The molecule has 8 nitrogen and oxygen atoms in total. The lowest BCUT2D eigenvalue weighted by Gasteiger charge is -2.16. The molecule has 10 heteroatoms. The average Bonchev–Trinajstić information content (AvgIpc) is 2.98. The Morgan fingerprint density at radius 2 is 2.00 bits per heavy atom. The molecule has 0 saturated carbocycles. The van der Waals surface area contributed by atoms with Crippen LogP contribution in [0.4, 0.5) is 4.79 Å². The fraction of sp³-hybridized carbons (Fsp3) is 0.333. The van der Waals surface area contributed by atoms with Crippen molar-refractivity contribution in [2.45, 2.75) is 30.9 Å². The van der Waals surface area contributed by atoms with Crippen LogP contribution < -0.4 is 15.8 Å². The van der Waals surface area contributed by atoms with Gasteiger partial charge in [-0.1, -0.05) is 37.2 Å². The summed E-state index contributed by atoms with van der Waals surface area (Å²) in [6.45, 7) is 3.74. The number of hydrogen-bond donors (Lipinski definition) is 2. The average molecular weight is 385 g/mol. The third-order valence-electron chi connectivity index (χ3n) is 2.96. The topological polar surface area (TPSA) is 120 Å². The van der Waals surface area contributed by atoms with Crippen LogP contribution in [0, 0.1) is 5.92 Å². The van der Waals surface area contributed by atoms with E-state index in [0.29, 0.717) is 10.8 Å². The molecule has 2 aromatic rings. The van der Waals surface area contributed by atoms with E-state index in [4.69, 9.17) is 26.5 Å². The van der Waals surface area contributed by atoms with E-state index in [1.165, 1.54) is 0 Å². The third-order valence-corrected chi connectivity index (χ3v) is 4.59. The van der Waals surface area contributed by atoms with Gasteiger partial charge in [-0.05, 0) is 30.2 Å². The Balaban J connectivity index is 1.95. The molecule has 1 aromatic heterocycles. The Morgan fingerprint density at radius 3 is 2.60 bits per heavy atom. The van der Waals surface area contributed by atoms with Gasteiger partial charge in [0, 0.05) is 5.02 Å². The van der Waals surface area contributed by atoms with Gasteiger partial charge in [-0.25, -0.2) is 4.79 Å². The second-order valence-electron chi connectivity index (χ2n) is 5.34. The van der Waals surface area contributed by atoms with Gasteiger partial charge in [0.1, 0.15) is 5.75 Å². The number of ether oxygens (including phenoxy) is 1. The Morgan fingerprint density at radius 1 is 1.32 bits per heavy atom. The van der Waals surface area contributed by atoms with Gasteiger partial charge in [0.15, 0.2) is 6.61 Å². The lowest BCUT2D eigenvalue weighted by Crippen LogP contribution is -2.42. The molecular weight excluding hydrogens is 368 g/mol. The summed E-state index contributed by atoms with van der Waals surface area (Å²) < 4.78 is 11.0. The number of carbonyl (C=O) groups is 2. The number of nitrogens with one attached hydrogen (secondary N) is 1.